The molecule has 1 aromatic carbocycles. The number of allylic oxidation sites excluding steroid dienone is 3. The Hall–Kier alpha value is -2.76. The van der Waals surface area contributed by atoms with Crippen molar-refractivity contribution < 1.29 is 14.3 Å². The molecule has 0 aromatic heterocycles. The van der Waals surface area contributed by atoms with E-state index in [1.54, 1.807) is 0 Å². The van der Waals surface area contributed by atoms with Crippen LogP contribution in [0.25, 0.3) is 0 Å². The molecule has 37 heavy (non-hydrogen) atoms. The van der Waals surface area contributed by atoms with Gasteiger partial charge in [-0.25, -0.2) is 4.79 Å². The minimum Gasteiger partial charge on any atom is -0.444 e. The van der Waals surface area contributed by atoms with Crippen molar-refractivity contribution in [2.75, 3.05) is 11.9 Å². The summed E-state index contributed by atoms with van der Waals surface area (Å²) in [5.41, 5.74) is 1.84. The minimum absolute atomic E-state index is 0.0804. The molecule has 3 saturated carbocycles. The molecule has 2 bridgehead atoms. The number of carbonyl (C=O) groups excluding carboxylic acids is 2. The number of anilines is 1. The van der Waals surface area contributed by atoms with Crippen LogP contribution in [0, 0.1) is 29.6 Å². The quantitative estimate of drug-likeness (QED) is 0.544. The van der Waals surface area contributed by atoms with Crippen molar-refractivity contribution in [2.45, 2.75) is 83.0 Å². The van der Waals surface area contributed by atoms with Gasteiger partial charge in [0, 0.05) is 36.2 Å². The molecule has 6 nitrogen and oxygen atoms in total. The third-order valence-corrected chi connectivity index (χ3v) is 9.45. The summed E-state index contributed by atoms with van der Waals surface area (Å²) in [5.74, 6) is 1.54. The van der Waals surface area contributed by atoms with Crippen LogP contribution in [0.3, 0.4) is 0 Å². The average Bonchev–Trinajstić information content (AvgIpc) is 3.33. The number of likely N-dealkylation sites (tertiary alicyclic amines) is 1. The molecule has 198 valence electrons. The van der Waals surface area contributed by atoms with E-state index in [0.29, 0.717) is 29.7 Å². The van der Waals surface area contributed by atoms with Crippen molar-refractivity contribution in [3.63, 3.8) is 0 Å². The van der Waals surface area contributed by atoms with Gasteiger partial charge in [-0.1, -0.05) is 42.5 Å². The van der Waals surface area contributed by atoms with Crippen molar-refractivity contribution >= 4 is 17.7 Å². The van der Waals surface area contributed by atoms with E-state index < -0.39 is 11.7 Å². The average molecular weight is 504 g/mol. The summed E-state index contributed by atoms with van der Waals surface area (Å²) in [5, 5.41) is 7.04. The van der Waals surface area contributed by atoms with Gasteiger partial charge in [-0.2, -0.15) is 0 Å². The fourth-order valence-corrected chi connectivity index (χ4v) is 7.95. The summed E-state index contributed by atoms with van der Waals surface area (Å²) in [6.45, 7) is 6.43. The van der Waals surface area contributed by atoms with Gasteiger partial charge < -0.3 is 20.3 Å². The molecular weight excluding hydrogens is 462 g/mol. The van der Waals surface area contributed by atoms with Crippen LogP contribution in [0.1, 0.15) is 70.9 Å². The molecule has 0 radical (unpaired) electrons. The smallest absolute Gasteiger partial charge is 0.407 e. The van der Waals surface area contributed by atoms with E-state index in [9.17, 15) is 9.59 Å². The van der Waals surface area contributed by atoms with Gasteiger partial charge in [0.05, 0.1) is 12.0 Å². The summed E-state index contributed by atoms with van der Waals surface area (Å²) in [6.07, 6.45) is 14.8. The predicted molar refractivity (Wildman–Crippen MR) is 145 cm³/mol. The van der Waals surface area contributed by atoms with Crippen LogP contribution >= 0.6 is 0 Å². The summed E-state index contributed by atoms with van der Waals surface area (Å²) >= 11 is 0. The normalized spacial score (nSPS) is 35.9. The number of ether oxygens (including phenoxy) is 1. The first-order valence-corrected chi connectivity index (χ1v) is 14.3. The maximum absolute atomic E-state index is 14.5. The third-order valence-electron chi connectivity index (χ3n) is 9.45. The van der Waals surface area contributed by atoms with Gasteiger partial charge >= 0.3 is 6.09 Å². The van der Waals surface area contributed by atoms with E-state index in [1.807, 2.05) is 20.8 Å². The molecule has 2 aliphatic heterocycles. The number of rotatable bonds is 3. The highest BCUT2D eigenvalue weighted by molar-refractivity contribution is 5.83. The number of hydrogen-bond donors (Lipinski definition) is 2. The molecule has 6 heteroatoms. The Morgan fingerprint density at radius 1 is 1.03 bits per heavy atom. The Labute approximate surface area is 220 Å². The zero-order valence-electron chi connectivity index (χ0n) is 22.4. The van der Waals surface area contributed by atoms with Crippen molar-refractivity contribution in [3.8, 4) is 0 Å². The van der Waals surface area contributed by atoms with E-state index in [2.05, 4.69) is 64.1 Å². The second-order valence-corrected chi connectivity index (χ2v) is 12.8. The lowest BCUT2D eigenvalue weighted by Crippen LogP contribution is -2.59. The first-order valence-electron chi connectivity index (χ1n) is 14.3. The Morgan fingerprint density at radius 2 is 1.78 bits per heavy atom. The van der Waals surface area contributed by atoms with Gasteiger partial charge in [0.15, 0.2) is 0 Å². The predicted octanol–water partition coefficient (Wildman–Crippen LogP) is 5.83. The Kier molecular flexibility index (Phi) is 6.32. The van der Waals surface area contributed by atoms with Gasteiger partial charge in [-0.15, -0.1) is 0 Å². The number of hydrogen-bond acceptors (Lipinski definition) is 4. The van der Waals surface area contributed by atoms with E-state index in [4.69, 9.17) is 4.74 Å². The molecule has 4 fully saturated rings. The lowest BCUT2D eigenvalue weighted by Gasteiger charge is -2.50. The van der Waals surface area contributed by atoms with Gasteiger partial charge in [0.2, 0.25) is 5.91 Å². The van der Waals surface area contributed by atoms with Crippen LogP contribution in [0.15, 0.2) is 48.6 Å². The number of alkyl carbamates (subject to hydrolysis) is 1. The van der Waals surface area contributed by atoms with Crippen LogP contribution < -0.4 is 10.6 Å². The van der Waals surface area contributed by atoms with Gasteiger partial charge in [0.25, 0.3) is 0 Å². The fraction of sp³-hybridized carbons (Fsp3) is 0.613. The largest absolute Gasteiger partial charge is 0.444 e. The van der Waals surface area contributed by atoms with Gasteiger partial charge in [0.1, 0.15) is 5.60 Å². The standard InChI is InChI=1S/C31H41N3O3/c1-31(2,3)37-30(36)33-27-21-15-13-19(14-16-21)25(27)29(35)34-18-17-23-26(20-9-5-4-6-10-20)32-24-12-8-7-11-22(24)28(23)34/h4-9,11-12,19-21,23,25-28,32H,10,13-18H2,1-3H3,(H,33,36)/t19?,20?,21?,23-,25+,26+,27-,28+/m1/s1. The lowest BCUT2D eigenvalue weighted by molar-refractivity contribution is -0.144. The monoisotopic (exact) mass is 503 g/mol. The zero-order chi connectivity index (χ0) is 25.7. The van der Waals surface area contributed by atoms with Crippen LogP contribution in [0.2, 0.25) is 0 Å². The van der Waals surface area contributed by atoms with Crippen LogP contribution in [-0.4, -0.2) is 41.1 Å². The Balaban J connectivity index is 1.29. The summed E-state index contributed by atoms with van der Waals surface area (Å²) < 4.78 is 5.62. The number of para-hydroxylation sites is 1. The number of nitrogens with zero attached hydrogens (tertiary/aromatic N) is 1. The van der Waals surface area contributed by atoms with Gasteiger partial charge in [-0.3, -0.25) is 4.79 Å². The molecule has 7 rings (SSSR count). The number of benzene rings is 1. The minimum atomic E-state index is -0.560. The Bertz CT molecular complexity index is 1100. The molecule has 6 atom stereocenters. The molecule has 4 aliphatic carbocycles. The van der Waals surface area contributed by atoms with E-state index >= 15 is 0 Å². The summed E-state index contributed by atoms with van der Waals surface area (Å²) in [4.78, 5) is 29.5. The molecule has 1 saturated heterocycles. The van der Waals surface area contributed by atoms with E-state index in [1.165, 1.54) is 5.56 Å². The summed E-state index contributed by atoms with van der Waals surface area (Å²) in [7, 11) is 0. The van der Waals surface area contributed by atoms with Crippen LogP contribution in [0.4, 0.5) is 10.5 Å². The second-order valence-electron chi connectivity index (χ2n) is 12.8. The van der Waals surface area contributed by atoms with Gasteiger partial charge in [-0.05, 0) is 82.8 Å². The van der Waals surface area contributed by atoms with Crippen molar-refractivity contribution in [1.29, 1.82) is 0 Å². The fourth-order valence-electron chi connectivity index (χ4n) is 7.95. The molecular formula is C31H41N3O3. The van der Waals surface area contributed by atoms with Crippen molar-refractivity contribution in [2.24, 2.45) is 29.6 Å². The highest BCUT2D eigenvalue weighted by Crippen LogP contribution is 2.52. The molecule has 2 heterocycles. The highest BCUT2D eigenvalue weighted by atomic mass is 16.6. The topological polar surface area (TPSA) is 70.7 Å². The highest BCUT2D eigenvalue weighted by Gasteiger charge is 2.53. The van der Waals surface area contributed by atoms with E-state index in [-0.39, 0.29) is 23.9 Å². The van der Waals surface area contributed by atoms with Crippen molar-refractivity contribution in [3.05, 3.63) is 54.1 Å². The molecule has 2 amide bonds. The maximum atomic E-state index is 14.5. The number of amides is 2. The van der Waals surface area contributed by atoms with Crippen LogP contribution in [0.5, 0.6) is 0 Å². The maximum Gasteiger partial charge on any atom is 0.407 e. The van der Waals surface area contributed by atoms with Crippen LogP contribution in [-0.2, 0) is 9.53 Å². The first kappa shape index (κ1) is 24.6. The molecule has 1 aromatic rings. The summed E-state index contributed by atoms with van der Waals surface area (Å²) in [6, 6.07) is 8.78. The lowest BCUT2D eigenvalue weighted by atomic mass is 9.61. The number of fused-ring (bicyclic) bond motifs is 6. The van der Waals surface area contributed by atoms with E-state index in [0.717, 1.165) is 50.8 Å². The Morgan fingerprint density at radius 3 is 2.51 bits per heavy atom. The molecule has 1 unspecified atom stereocenters. The van der Waals surface area contributed by atoms with Crippen molar-refractivity contribution in [1.82, 2.24) is 10.2 Å². The number of nitrogens with one attached hydrogen (secondary N) is 2. The second kappa shape index (κ2) is 9.52. The molecule has 0 spiro atoms. The zero-order valence-corrected chi connectivity index (χ0v) is 22.4. The third kappa shape index (κ3) is 4.57. The SMILES string of the molecule is CC(C)(C)OC(=O)N[C@@H]1C2CCC(CC2)[C@@H]1C(=O)N1CC[C@@H]2[C@H](C3C=CC=CC3)Nc3ccccc3[C@@H]21. The molecule has 6 aliphatic rings. The number of carbonyl (C=O) groups is 2. The first-order chi connectivity index (χ1) is 17.8. The molecule has 2 N–H and O–H groups in total.